The summed E-state index contributed by atoms with van der Waals surface area (Å²) < 4.78 is 0. The van der Waals surface area contributed by atoms with E-state index >= 15 is 0 Å². The van der Waals surface area contributed by atoms with Gasteiger partial charge in [-0.1, -0.05) is 33.8 Å². The van der Waals surface area contributed by atoms with Gasteiger partial charge in [0.05, 0.1) is 6.04 Å². The van der Waals surface area contributed by atoms with Crippen LogP contribution in [-0.4, -0.2) is 24.0 Å². The van der Waals surface area contributed by atoms with Crippen molar-refractivity contribution in [2.24, 2.45) is 17.1 Å². The molecule has 1 aliphatic heterocycles. The monoisotopic (exact) mass is 308 g/mol. The smallest absolute Gasteiger partial charge is 0.0593 e. The lowest BCUT2D eigenvalue weighted by Gasteiger charge is -2.34. The van der Waals surface area contributed by atoms with Gasteiger partial charge in [0, 0.05) is 10.9 Å². The van der Waals surface area contributed by atoms with Gasteiger partial charge in [-0.25, -0.2) is 0 Å². The summed E-state index contributed by atoms with van der Waals surface area (Å²) in [5.41, 5.74) is 6.91. The largest absolute Gasteiger partial charge is 0.326 e. The summed E-state index contributed by atoms with van der Waals surface area (Å²) in [6.07, 6.45) is 5.02. The van der Waals surface area contributed by atoms with E-state index in [1.807, 2.05) is 11.3 Å². The van der Waals surface area contributed by atoms with Crippen LogP contribution in [0.1, 0.15) is 64.3 Å². The van der Waals surface area contributed by atoms with Crippen molar-refractivity contribution in [2.45, 2.75) is 65.5 Å². The van der Waals surface area contributed by atoms with Gasteiger partial charge in [0.2, 0.25) is 0 Å². The molecule has 3 atom stereocenters. The molecule has 0 saturated carbocycles. The van der Waals surface area contributed by atoms with Gasteiger partial charge in [0.15, 0.2) is 0 Å². The number of hydrogen-bond donors (Lipinski definition) is 1. The summed E-state index contributed by atoms with van der Waals surface area (Å²) in [6.45, 7) is 11.8. The van der Waals surface area contributed by atoms with Gasteiger partial charge in [0.1, 0.15) is 0 Å². The molecule has 2 heterocycles. The highest BCUT2D eigenvalue weighted by molar-refractivity contribution is 7.10. The molecule has 3 heteroatoms. The highest BCUT2D eigenvalue weighted by atomic mass is 32.1. The van der Waals surface area contributed by atoms with Crippen molar-refractivity contribution >= 4 is 11.3 Å². The minimum Gasteiger partial charge on any atom is -0.326 e. The van der Waals surface area contributed by atoms with E-state index in [4.69, 9.17) is 5.73 Å². The molecule has 21 heavy (non-hydrogen) atoms. The Morgan fingerprint density at radius 3 is 2.67 bits per heavy atom. The fraction of sp³-hybridized carbons (Fsp3) is 0.778. The molecule has 3 unspecified atom stereocenters. The maximum atomic E-state index is 6.48. The Morgan fingerprint density at radius 2 is 2.10 bits per heavy atom. The van der Waals surface area contributed by atoms with E-state index in [1.54, 1.807) is 0 Å². The Bertz CT molecular complexity index is 407. The molecule has 1 aliphatic rings. The van der Waals surface area contributed by atoms with Crippen molar-refractivity contribution in [2.75, 3.05) is 13.1 Å². The lowest BCUT2D eigenvalue weighted by Crippen LogP contribution is -2.41. The Kier molecular flexibility index (Phi) is 5.87. The molecule has 2 N–H and O–H groups in total. The topological polar surface area (TPSA) is 29.3 Å². The number of thiophene rings is 1. The third-order valence-electron chi connectivity index (χ3n) is 5.09. The average molecular weight is 309 g/mol. The molecule has 1 aromatic heterocycles. The van der Waals surface area contributed by atoms with Crippen molar-refractivity contribution in [3.63, 3.8) is 0 Å². The van der Waals surface area contributed by atoms with Gasteiger partial charge in [0.25, 0.3) is 0 Å². The molecule has 1 fully saturated rings. The lowest BCUT2D eigenvalue weighted by molar-refractivity contribution is 0.164. The fourth-order valence-electron chi connectivity index (χ4n) is 3.61. The predicted octanol–water partition coefficient (Wildman–Crippen LogP) is 4.67. The molecule has 0 radical (unpaired) electrons. The molecule has 0 aliphatic carbocycles. The minimum absolute atomic E-state index is 0.245. The van der Waals surface area contributed by atoms with Crippen LogP contribution in [0.4, 0.5) is 0 Å². The lowest BCUT2D eigenvalue weighted by atomic mass is 9.77. The molecular weight excluding hydrogens is 276 g/mol. The molecule has 1 aromatic rings. The summed E-state index contributed by atoms with van der Waals surface area (Å²) >= 11 is 1.86. The van der Waals surface area contributed by atoms with Crippen molar-refractivity contribution in [3.8, 4) is 0 Å². The van der Waals surface area contributed by atoms with Crippen LogP contribution in [0.15, 0.2) is 17.5 Å². The van der Waals surface area contributed by atoms with Crippen LogP contribution < -0.4 is 5.73 Å². The quantitative estimate of drug-likeness (QED) is 0.875. The maximum Gasteiger partial charge on any atom is 0.0593 e. The summed E-state index contributed by atoms with van der Waals surface area (Å²) in [5.74, 6) is 0.837. The van der Waals surface area contributed by atoms with Crippen molar-refractivity contribution in [3.05, 3.63) is 22.4 Å². The van der Waals surface area contributed by atoms with Crippen LogP contribution in [0.3, 0.4) is 0 Å². The molecule has 2 nitrogen and oxygen atoms in total. The van der Waals surface area contributed by atoms with Crippen LogP contribution in [0, 0.1) is 11.3 Å². The van der Waals surface area contributed by atoms with Gasteiger partial charge >= 0.3 is 0 Å². The van der Waals surface area contributed by atoms with Crippen LogP contribution in [-0.2, 0) is 0 Å². The molecule has 2 rings (SSSR count). The predicted molar refractivity (Wildman–Crippen MR) is 93.7 cm³/mol. The molecule has 1 saturated heterocycles. The zero-order valence-corrected chi connectivity index (χ0v) is 15.0. The normalized spacial score (nSPS) is 24.5. The Labute approximate surface area is 134 Å². The molecular formula is C18H32N2S. The molecule has 0 amide bonds. The van der Waals surface area contributed by atoms with Crippen LogP contribution >= 0.6 is 11.3 Å². The maximum absolute atomic E-state index is 6.48. The van der Waals surface area contributed by atoms with Crippen molar-refractivity contribution in [1.82, 2.24) is 4.90 Å². The van der Waals surface area contributed by atoms with E-state index in [0.717, 1.165) is 12.3 Å². The summed E-state index contributed by atoms with van der Waals surface area (Å²) in [6, 6.07) is 5.07. The highest BCUT2D eigenvalue weighted by Gasteiger charge is 2.32. The van der Waals surface area contributed by atoms with Gasteiger partial charge < -0.3 is 5.73 Å². The van der Waals surface area contributed by atoms with E-state index in [9.17, 15) is 0 Å². The first-order chi connectivity index (χ1) is 9.93. The Hall–Kier alpha value is -0.380. The molecule has 0 spiro atoms. The Balaban J connectivity index is 2.11. The SMILES string of the molecule is CCC(N)C(c1cccs1)N1CCCC(C(C)(C)C)CC1. The summed E-state index contributed by atoms with van der Waals surface area (Å²) in [4.78, 5) is 4.10. The van der Waals surface area contributed by atoms with E-state index in [-0.39, 0.29) is 6.04 Å². The van der Waals surface area contributed by atoms with E-state index in [0.29, 0.717) is 11.5 Å². The minimum atomic E-state index is 0.245. The number of nitrogens with two attached hydrogens (primary N) is 1. The first-order valence-corrected chi connectivity index (χ1v) is 9.34. The molecule has 0 aromatic carbocycles. The number of hydrogen-bond acceptors (Lipinski definition) is 3. The first-order valence-electron chi connectivity index (χ1n) is 8.46. The van der Waals surface area contributed by atoms with E-state index < -0.39 is 0 Å². The summed E-state index contributed by atoms with van der Waals surface area (Å²) in [7, 11) is 0. The number of nitrogens with zero attached hydrogens (tertiary/aromatic N) is 1. The summed E-state index contributed by atoms with van der Waals surface area (Å²) in [5, 5.41) is 2.18. The van der Waals surface area contributed by atoms with Crippen LogP contribution in [0.2, 0.25) is 0 Å². The van der Waals surface area contributed by atoms with E-state index in [1.165, 1.54) is 37.2 Å². The number of rotatable bonds is 4. The van der Waals surface area contributed by atoms with E-state index in [2.05, 4.69) is 50.1 Å². The first kappa shape index (κ1) is 17.0. The van der Waals surface area contributed by atoms with Gasteiger partial charge in [-0.3, -0.25) is 4.90 Å². The third kappa shape index (κ3) is 4.30. The third-order valence-corrected chi connectivity index (χ3v) is 6.04. The highest BCUT2D eigenvalue weighted by Crippen LogP contribution is 2.37. The number of likely N-dealkylation sites (tertiary alicyclic amines) is 1. The second-order valence-corrected chi connectivity index (χ2v) is 8.54. The zero-order valence-electron chi connectivity index (χ0n) is 14.1. The van der Waals surface area contributed by atoms with Gasteiger partial charge in [-0.05, 0) is 61.6 Å². The zero-order chi connectivity index (χ0) is 15.5. The van der Waals surface area contributed by atoms with Crippen LogP contribution in [0.25, 0.3) is 0 Å². The fourth-order valence-corrected chi connectivity index (χ4v) is 4.54. The van der Waals surface area contributed by atoms with Crippen molar-refractivity contribution < 1.29 is 0 Å². The van der Waals surface area contributed by atoms with Gasteiger partial charge in [-0.15, -0.1) is 11.3 Å². The Morgan fingerprint density at radius 1 is 1.33 bits per heavy atom. The standard InChI is InChI=1S/C18H32N2S/c1-5-15(19)17(16-9-7-13-21-16)20-11-6-8-14(10-12-20)18(2,3)4/h7,9,13-15,17H,5-6,8,10-12,19H2,1-4H3. The van der Waals surface area contributed by atoms with Gasteiger partial charge in [-0.2, -0.15) is 0 Å². The molecule has 0 bridgehead atoms. The van der Waals surface area contributed by atoms with Crippen LogP contribution in [0.5, 0.6) is 0 Å². The second-order valence-electron chi connectivity index (χ2n) is 7.56. The van der Waals surface area contributed by atoms with Crippen molar-refractivity contribution in [1.29, 1.82) is 0 Å². The second kappa shape index (κ2) is 7.26. The average Bonchev–Trinajstić information content (AvgIpc) is 2.82. The molecule has 120 valence electrons.